The number of carbonyl (C=O) groups excluding carboxylic acids is 3. The summed E-state index contributed by atoms with van der Waals surface area (Å²) in [6, 6.07) is 1.77. The first-order valence-corrected chi connectivity index (χ1v) is 10.0. The van der Waals surface area contributed by atoms with Gasteiger partial charge >= 0.3 is 0 Å². The Balaban J connectivity index is 1.84. The number of carbonyl (C=O) groups is 3. The van der Waals surface area contributed by atoms with Crippen molar-refractivity contribution in [3.8, 4) is 0 Å². The second-order valence-corrected chi connectivity index (χ2v) is 8.40. The summed E-state index contributed by atoms with van der Waals surface area (Å²) in [5, 5.41) is 2.49. The highest BCUT2D eigenvalue weighted by Gasteiger charge is 2.43. The summed E-state index contributed by atoms with van der Waals surface area (Å²) in [6.07, 6.45) is 1.11. The van der Waals surface area contributed by atoms with Gasteiger partial charge in [-0.3, -0.25) is 19.3 Å². The quantitative estimate of drug-likeness (QED) is 0.536. The molecule has 3 heterocycles. The Morgan fingerprint density at radius 2 is 2.07 bits per heavy atom. The number of hydrogen-bond donors (Lipinski definition) is 1. The third-order valence-electron chi connectivity index (χ3n) is 4.36. The van der Waals surface area contributed by atoms with Crippen molar-refractivity contribution in [1.29, 1.82) is 0 Å². The van der Waals surface area contributed by atoms with Crippen LogP contribution >= 0.6 is 0 Å². The number of aryl methyl sites for hydroxylation is 1. The smallest absolute Gasteiger partial charge is 0.299 e. The molecule has 1 aromatic heterocycles. The highest BCUT2D eigenvalue weighted by molar-refractivity contribution is 7.89. The van der Waals surface area contributed by atoms with Crippen LogP contribution in [0.25, 0.3) is 0 Å². The summed E-state index contributed by atoms with van der Waals surface area (Å²) in [4.78, 5) is 41.8. The lowest BCUT2D eigenvalue weighted by Crippen LogP contribution is -2.58. The lowest BCUT2D eigenvalue weighted by molar-refractivity contribution is -0.145. The number of hydrogen-bond acceptors (Lipinski definition) is 7. The van der Waals surface area contributed by atoms with Gasteiger partial charge in [0.2, 0.25) is 16.0 Å². The zero-order valence-electron chi connectivity index (χ0n) is 15.0. The Bertz CT molecular complexity index is 919. The van der Waals surface area contributed by atoms with E-state index in [1.165, 1.54) is 7.05 Å². The number of rotatable bonds is 3. The molecule has 0 aliphatic carbocycles. The summed E-state index contributed by atoms with van der Waals surface area (Å²) in [7, 11) is -2.38. The maximum absolute atomic E-state index is 12.4. The first-order chi connectivity index (χ1) is 12.7. The number of nitrogens with zero attached hydrogens (tertiary/aromatic N) is 3. The van der Waals surface area contributed by atoms with Crippen molar-refractivity contribution in [3.63, 3.8) is 0 Å². The van der Waals surface area contributed by atoms with Crippen LogP contribution in [0, 0.1) is 6.92 Å². The zero-order valence-corrected chi connectivity index (χ0v) is 15.8. The van der Waals surface area contributed by atoms with Gasteiger partial charge in [-0.2, -0.15) is 0 Å². The van der Waals surface area contributed by atoms with Crippen LogP contribution in [-0.4, -0.2) is 66.6 Å². The highest BCUT2D eigenvalue weighted by atomic mass is 32.2. The van der Waals surface area contributed by atoms with Crippen molar-refractivity contribution >= 4 is 33.6 Å². The maximum atomic E-state index is 12.4. The van der Waals surface area contributed by atoms with Crippen molar-refractivity contribution in [3.05, 3.63) is 23.7 Å². The Morgan fingerprint density at radius 1 is 1.33 bits per heavy atom. The van der Waals surface area contributed by atoms with Crippen LogP contribution in [0.5, 0.6) is 0 Å². The van der Waals surface area contributed by atoms with Crippen molar-refractivity contribution in [2.45, 2.75) is 32.4 Å². The van der Waals surface area contributed by atoms with E-state index < -0.39 is 33.7 Å². The Morgan fingerprint density at radius 3 is 2.70 bits per heavy atom. The van der Waals surface area contributed by atoms with Gasteiger partial charge in [-0.1, -0.05) is 0 Å². The summed E-state index contributed by atoms with van der Waals surface area (Å²) in [6.45, 7) is 1.92. The molecule has 0 aromatic carbocycles. The molecule has 11 heteroatoms. The molecule has 0 bridgehead atoms. The van der Waals surface area contributed by atoms with E-state index in [-0.39, 0.29) is 24.8 Å². The van der Waals surface area contributed by atoms with Gasteiger partial charge in [-0.05, 0) is 31.9 Å². The van der Waals surface area contributed by atoms with E-state index in [1.54, 1.807) is 19.1 Å². The number of nitrogens with one attached hydrogen (secondary N) is 1. The minimum atomic E-state index is -3.65. The van der Waals surface area contributed by atoms with Crippen molar-refractivity contribution < 1.29 is 27.2 Å². The molecule has 27 heavy (non-hydrogen) atoms. The Kier molecular flexibility index (Phi) is 5.05. The summed E-state index contributed by atoms with van der Waals surface area (Å²) in [5.74, 6) is -1.90. The molecule has 1 saturated heterocycles. The van der Waals surface area contributed by atoms with Gasteiger partial charge in [0.1, 0.15) is 11.5 Å². The van der Waals surface area contributed by atoms with Gasteiger partial charge in [0.25, 0.3) is 17.6 Å². The van der Waals surface area contributed by atoms with E-state index in [0.29, 0.717) is 24.4 Å². The second kappa shape index (κ2) is 7.14. The lowest BCUT2D eigenvalue weighted by atomic mass is 10.1. The average molecular weight is 396 g/mol. The van der Waals surface area contributed by atoms with Gasteiger partial charge in [0.15, 0.2) is 6.04 Å². The standard InChI is InChI=1S/C16H20N4O6S/c1-10-5-6-11(26-10)9-17-14(22)12-13(21)15(23)19(2)16(18-12)20-7-3-4-8-27(20,24)25/h5-6,12H,3-4,7-9H2,1-2H3,(H,17,22). The van der Waals surface area contributed by atoms with E-state index >= 15 is 0 Å². The van der Waals surface area contributed by atoms with Crippen LogP contribution in [0.1, 0.15) is 24.4 Å². The second-order valence-electron chi connectivity index (χ2n) is 6.39. The van der Waals surface area contributed by atoms with Crippen molar-refractivity contribution in [1.82, 2.24) is 14.5 Å². The van der Waals surface area contributed by atoms with Gasteiger partial charge < -0.3 is 9.73 Å². The maximum Gasteiger partial charge on any atom is 0.299 e. The predicted octanol–water partition coefficient (Wildman–Crippen LogP) is -0.604. The number of aliphatic imine (C=N–C) groups is 1. The van der Waals surface area contributed by atoms with Gasteiger partial charge in [0.05, 0.1) is 12.3 Å². The van der Waals surface area contributed by atoms with E-state index in [0.717, 1.165) is 9.21 Å². The molecule has 0 radical (unpaired) electrons. The Hall–Kier alpha value is -2.69. The van der Waals surface area contributed by atoms with E-state index in [2.05, 4.69) is 10.3 Å². The molecule has 2 amide bonds. The fourth-order valence-electron chi connectivity index (χ4n) is 2.91. The molecular weight excluding hydrogens is 376 g/mol. The molecule has 0 spiro atoms. The van der Waals surface area contributed by atoms with E-state index in [9.17, 15) is 22.8 Å². The van der Waals surface area contributed by atoms with Crippen molar-refractivity contribution in [2.75, 3.05) is 19.3 Å². The molecule has 1 atom stereocenters. The average Bonchev–Trinajstić information content (AvgIpc) is 3.03. The van der Waals surface area contributed by atoms with Crippen LogP contribution in [0.2, 0.25) is 0 Å². The topological polar surface area (TPSA) is 129 Å². The predicted molar refractivity (Wildman–Crippen MR) is 94.0 cm³/mol. The largest absolute Gasteiger partial charge is 0.465 e. The summed E-state index contributed by atoms with van der Waals surface area (Å²) >= 11 is 0. The molecule has 2 aliphatic heterocycles. The molecule has 10 nitrogen and oxygen atoms in total. The van der Waals surface area contributed by atoms with Gasteiger partial charge in [-0.25, -0.2) is 17.7 Å². The van der Waals surface area contributed by atoms with Crippen LogP contribution in [-0.2, 0) is 31.0 Å². The number of ketones is 1. The zero-order chi connectivity index (χ0) is 19.8. The number of Topliss-reactive ketones (excluding diaryl/α,β-unsaturated/α-hetero) is 1. The fourth-order valence-corrected chi connectivity index (χ4v) is 4.52. The normalized spacial score (nSPS) is 22.6. The third-order valence-corrected chi connectivity index (χ3v) is 6.18. The molecule has 1 aromatic rings. The van der Waals surface area contributed by atoms with Crippen LogP contribution in [0.15, 0.2) is 21.5 Å². The first-order valence-electron chi connectivity index (χ1n) is 8.44. The minimum Gasteiger partial charge on any atom is -0.465 e. The SMILES string of the molecule is Cc1ccc(CNC(=O)C2N=C(N3CCCCS3(=O)=O)N(C)C(=O)C2=O)o1. The van der Waals surface area contributed by atoms with E-state index in [1.807, 2.05) is 0 Å². The fraction of sp³-hybridized carbons (Fsp3) is 0.500. The van der Waals surface area contributed by atoms with Crippen molar-refractivity contribution in [2.24, 2.45) is 4.99 Å². The summed E-state index contributed by atoms with van der Waals surface area (Å²) < 4.78 is 31.0. The lowest BCUT2D eigenvalue weighted by Gasteiger charge is -2.35. The van der Waals surface area contributed by atoms with Crippen LogP contribution in [0.3, 0.4) is 0 Å². The first kappa shape index (κ1) is 19.1. The van der Waals surface area contributed by atoms with E-state index in [4.69, 9.17) is 4.42 Å². The third kappa shape index (κ3) is 3.72. The number of likely N-dealkylation sites (N-methyl/N-ethyl adjacent to an activating group) is 1. The molecule has 2 aliphatic rings. The highest BCUT2D eigenvalue weighted by Crippen LogP contribution is 2.19. The molecule has 1 fully saturated rings. The number of amides is 2. The molecule has 3 rings (SSSR count). The number of furan rings is 1. The van der Waals surface area contributed by atoms with Crippen LogP contribution in [0.4, 0.5) is 0 Å². The number of guanidine groups is 1. The molecule has 0 saturated carbocycles. The van der Waals surface area contributed by atoms with Crippen LogP contribution < -0.4 is 5.32 Å². The molecule has 1 unspecified atom stereocenters. The minimum absolute atomic E-state index is 0.0212. The molecular formula is C16H20N4O6S. The Labute approximate surface area is 156 Å². The monoisotopic (exact) mass is 396 g/mol. The van der Waals surface area contributed by atoms with Gasteiger partial charge in [0, 0.05) is 13.6 Å². The summed E-state index contributed by atoms with van der Waals surface area (Å²) in [5.41, 5.74) is 0. The molecule has 1 N–H and O–H groups in total. The van der Waals surface area contributed by atoms with Gasteiger partial charge in [-0.15, -0.1) is 0 Å². The number of sulfonamides is 1. The molecule has 146 valence electrons.